The lowest BCUT2D eigenvalue weighted by Gasteiger charge is -2.39. The minimum Gasteiger partial charge on any atom is -0.481 e. The zero-order valence-corrected chi connectivity index (χ0v) is 26.7. The third kappa shape index (κ3) is 6.15. The fraction of sp³-hybridized carbons (Fsp3) is 0.389. The molecule has 1 aliphatic carbocycles. The molecule has 1 unspecified atom stereocenters. The molecule has 1 N–H and O–H groups in total. The van der Waals surface area contributed by atoms with Crippen molar-refractivity contribution in [3.63, 3.8) is 0 Å². The fourth-order valence-corrected chi connectivity index (χ4v) is 6.74. The Bertz CT molecular complexity index is 1510. The Morgan fingerprint density at radius 2 is 1.52 bits per heavy atom. The first-order chi connectivity index (χ1) is 19.9. The number of benzene rings is 3. The number of hydrogen-bond donors (Lipinski definition) is 1. The number of rotatable bonds is 11. The van der Waals surface area contributed by atoms with Crippen LogP contribution in [-0.2, 0) is 21.1 Å². The molecule has 0 radical (unpaired) electrons. The summed E-state index contributed by atoms with van der Waals surface area (Å²) in [5.74, 6) is 0.0450. The number of carbonyl (C=O) groups is 1. The van der Waals surface area contributed by atoms with Gasteiger partial charge >= 0.3 is 5.97 Å². The van der Waals surface area contributed by atoms with Gasteiger partial charge in [0, 0.05) is 5.56 Å². The normalized spacial score (nSPS) is 15.4. The van der Waals surface area contributed by atoms with Gasteiger partial charge in [-0.05, 0) is 79.4 Å². The molecule has 5 rings (SSSR count). The van der Waals surface area contributed by atoms with E-state index in [0.717, 1.165) is 58.5 Å². The summed E-state index contributed by atoms with van der Waals surface area (Å²) in [6.07, 6.45) is 4.21. The van der Waals surface area contributed by atoms with Crippen molar-refractivity contribution < 1.29 is 18.9 Å². The number of aromatic nitrogens is 1. The van der Waals surface area contributed by atoms with Crippen LogP contribution in [0.3, 0.4) is 0 Å². The summed E-state index contributed by atoms with van der Waals surface area (Å²) in [6, 6.07) is 26.9. The third-order valence-corrected chi connectivity index (χ3v) is 13.8. The molecule has 1 aliphatic rings. The van der Waals surface area contributed by atoms with Gasteiger partial charge in [-0.3, -0.25) is 4.79 Å². The van der Waals surface area contributed by atoms with Gasteiger partial charge in [0.25, 0.3) is 0 Å². The predicted octanol–water partition coefficient (Wildman–Crippen LogP) is 9.52. The van der Waals surface area contributed by atoms with Gasteiger partial charge in [0.05, 0.1) is 22.8 Å². The van der Waals surface area contributed by atoms with Crippen LogP contribution in [0.2, 0.25) is 18.1 Å². The van der Waals surface area contributed by atoms with Crippen LogP contribution in [-0.4, -0.2) is 24.5 Å². The quantitative estimate of drug-likeness (QED) is 0.179. The van der Waals surface area contributed by atoms with E-state index in [9.17, 15) is 9.90 Å². The average Bonchev–Trinajstić information content (AvgIpc) is 3.69. The van der Waals surface area contributed by atoms with Gasteiger partial charge in [-0.1, -0.05) is 105 Å². The van der Waals surface area contributed by atoms with Crippen LogP contribution >= 0.6 is 0 Å². The number of aryl methyl sites for hydroxylation is 2. The minimum absolute atomic E-state index is 0.0801. The van der Waals surface area contributed by atoms with Crippen molar-refractivity contribution in [3.05, 3.63) is 101 Å². The van der Waals surface area contributed by atoms with E-state index in [-0.39, 0.29) is 11.1 Å². The molecule has 0 bridgehead atoms. The maximum atomic E-state index is 11.7. The van der Waals surface area contributed by atoms with E-state index < -0.39 is 19.7 Å². The summed E-state index contributed by atoms with van der Waals surface area (Å²) in [4.78, 5) is 11.7. The van der Waals surface area contributed by atoms with Crippen LogP contribution in [0.5, 0.6) is 0 Å². The lowest BCUT2D eigenvalue weighted by atomic mass is 9.93. The van der Waals surface area contributed by atoms with Gasteiger partial charge in [-0.2, -0.15) is 0 Å². The molecular weight excluding hydrogens is 538 g/mol. The second kappa shape index (κ2) is 11.7. The van der Waals surface area contributed by atoms with Crippen LogP contribution in [0.15, 0.2) is 83.4 Å². The van der Waals surface area contributed by atoms with Gasteiger partial charge < -0.3 is 14.1 Å². The van der Waals surface area contributed by atoms with Crippen molar-refractivity contribution in [3.8, 4) is 22.5 Å². The Hall–Kier alpha value is -3.48. The molecule has 6 heteroatoms. The zero-order chi connectivity index (χ0) is 30.1. The number of carboxylic acids is 1. The van der Waals surface area contributed by atoms with Gasteiger partial charge in [0.15, 0.2) is 14.1 Å². The largest absolute Gasteiger partial charge is 0.481 e. The summed E-state index contributed by atoms with van der Waals surface area (Å²) in [5.41, 5.74) is 6.56. The Morgan fingerprint density at radius 3 is 2.07 bits per heavy atom. The lowest BCUT2D eigenvalue weighted by molar-refractivity contribution is -0.140. The summed E-state index contributed by atoms with van der Waals surface area (Å²) in [7, 11) is -2.08. The number of aliphatic carboxylic acids is 1. The SMILES string of the molecule is Cc1noc(-c2ccc(-c3ccc(C4(C(=O)O)CC4)cc3)cc2)c1C(CCCc1ccccc1)O[Si](C)(C)C(C)(C)C. The molecular formula is C36H43NO4Si. The highest BCUT2D eigenvalue weighted by atomic mass is 28.4. The molecule has 0 aliphatic heterocycles. The van der Waals surface area contributed by atoms with Gasteiger partial charge in [0.2, 0.25) is 0 Å². The van der Waals surface area contributed by atoms with Crippen molar-refractivity contribution in [2.24, 2.45) is 0 Å². The molecule has 1 atom stereocenters. The van der Waals surface area contributed by atoms with E-state index in [1.807, 2.05) is 31.2 Å². The molecule has 1 heterocycles. The number of nitrogens with zero attached hydrogens (tertiary/aromatic N) is 1. The lowest BCUT2D eigenvalue weighted by Crippen LogP contribution is -2.42. The van der Waals surface area contributed by atoms with Crippen LogP contribution < -0.4 is 0 Å². The minimum atomic E-state index is -2.08. The van der Waals surface area contributed by atoms with Crippen LogP contribution in [0.1, 0.15) is 74.9 Å². The topological polar surface area (TPSA) is 72.6 Å². The Kier molecular flexibility index (Phi) is 8.32. The standard InChI is InChI=1S/C36H43NO4Si/c1-25-32(31(41-42(5,6)35(2,3)4)14-10-13-26-11-8-7-9-12-26)33(40-37-25)29-17-15-27(16-18-29)28-19-21-30(22-20-28)36(23-24-36)34(38)39/h7-9,11-12,15-22,31H,10,13-14,23-24H2,1-6H3,(H,38,39). The number of carboxylic acid groups (broad SMARTS) is 1. The zero-order valence-electron chi connectivity index (χ0n) is 25.7. The number of hydrogen-bond acceptors (Lipinski definition) is 4. The average molecular weight is 582 g/mol. The first kappa shape index (κ1) is 30.0. The predicted molar refractivity (Wildman–Crippen MR) is 171 cm³/mol. The van der Waals surface area contributed by atoms with E-state index in [1.165, 1.54) is 5.56 Å². The smallest absolute Gasteiger partial charge is 0.314 e. The first-order valence-electron chi connectivity index (χ1n) is 15.0. The summed E-state index contributed by atoms with van der Waals surface area (Å²) in [5, 5.41) is 14.1. The Morgan fingerprint density at radius 1 is 0.952 bits per heavy atom. The van der Waals surface area contributed by atoms with Crippen molar-refractivity contribution in [2.45, 2.75) is 89.5 Å². The van der Waals surface area contributed by atoms with Gasteiger partial charge in [-0.25, -0.2) is 0 Å². The molecule has 4 aromatic rings. The molecule has 0 amide bonds. The summed E-state index contributed by atoms with van der Waals surface area (Å²) < 4.78 is 13.1. The van der Waals surface area contributed by atoms with Crippen molar-refractivity contribution in [1.82, 2.24) is 5.16 Å². The Balaban J connectivity index is 1.40. The maximum Gasteiger partial charge on any atom is 0.314 e. The molecule has 220 valence electrons. The molecule has 5 nitrogen and oxygen atoms in total. The molecule has 1 fully saturated rings. The van der Waals surface area contributed by atoms with Crippen molar-refractivity contribution in [1.29, 1.82) is 0 Å². The molecule has 1 saturated carbocycles. The molecule has 0 spiro atoms. The molecule has 1 aromatic heterocycles. The van der Waals surface area contributed by atoms with Gasteiger partial charge in [-0.15, -0.1) is 0 Å². The van der Waals surface area contributed by atoms with E-state index in [2.05, 4.69) is 93.6 Å². The van der Waals surface area contributed by atoms with E-state index in [4.69, 9.17) is 8.95 Å². The first-order valence-corrected chi connectivity index (χ1v) is 17.9. The molecule has 0 saturated heterocycles. The van der Waals surface area contributed by atoms with Crippen LogP contribution in [0, 0.1) is 6.92 Å². The summed E-state index contributed by atoms with van der Waals surface area (Å²) in [6.45, 7) is 13.5. The van der Waals surface area contributed by atoms with Crippen molar-refractivity contribution in [2.75, 3.05) is 0 Å². The third-order valence-electron chi connectivity index (χ3n) is 9.33. The fourth-order valence-electron chi connectivity index (χ4n) is 5.44. The monoisotopic (exact) mass is 581 g/mol. The van der Waals surface area contributed by atoms with E-state index in [1.54, 1.807) is 0 Å². The van der Waals surface area contributed by atoms with E-state index in [0.29, 0.717) is 12.8 Å². The second-order valence-electron chi connectivity index (χ2n) is 13.3. The Labute approximate surface area is 251 Å². The summed E-state index contributed by atoms with van der Waals surface area (Å²) >= 11 is 0. The molecule has 3 aromatic carbocycles. The highest BCUT2D eigenvalue weighted by Crippen LogP contribution is 2.49. The van der Waals surface area contributed by atoms with Crippen molar-refractivity contribution >= 4 is 14.3 Å². The maximum absolute atomic E-state index is 11.7. The van der Waals surface area contributed by atoms with Gasteiger partial charge in [0.1, 0.15) is 0 Å². The highest BCUT2D eigenvalue weighted by molar-refractivity contribution is 6.74. The second-order valence-corrected chi connectivity index (χ2v) is 18.1. The molecule has 42 heavy (non-hydrogen) atoms. The van der Waals surface area contributed by atoms with E-state index >= 15 is 0 Å². The van der Waals surface area contributed by atoms with Crippen LogP contribution in [0.25, 0.3) is 22.5 Å². The highest BCUT2D eigenvalue weighted by Gasteiger charge is 2.51. The van der Waals surface area contributed by atoms with Crippen LogP contribution in [0.4, 0.5) is 0 Å².